The molecule has 4 heteroatoms. The third kappa shape index (κ3) is 3.33. The molecule has 0 saturated heterocycles. The van der Waals surface area contributed by atoms with Gasteiger partial charge >= 0.3 is 0 Å². The van der Waals surface area contributed by atoms with Crippen LogP contribution >= 0.6 is 0 Å². The van der Waals surface area contributed by atoms with Crippen LogP contribution in [0.25, 0.3) is 0 Å². The lowest BCUT2D eigenvalue weighted by atomic mass is 10.1. The SMILES string of the molecule is COCC1=CCN(c2ccc(C(C)O)cc2F)CC1. The predicted molar refractivity (Wildman–Crippen MR) is 73.8 cm³/mol. The van der Waals surface area contributed by atoms with Crippen LogP contribution in [0.3, 0.4) is 0 Å². The molecular formula is C15H20FNO2. The second-order valence-electron chi connectivity index (χ2n) is 4.88. The fourth-order valence-corrected chi connectivity index (χ4v) is 2.29. The molecule has 1 aromatic carbocycles. The molecule has 1 aliphatic heterocycles. The van der Waals surface area contributed by atoms with Gasteiger partial charge in [0.25, 0.3) is 0 Å². The average Bonchev–Trinajstić information content (AvgIpc) is 2.40. The second kappa shape index (κ2) is 6.17. The minimum atomic E-state index is -0.641. The molecule has 1 unspecified atom stereocenters. The smallest absolute Gasteiger partial charge is 0.146 e. The molecule has 0 aromatic heterocycles. The second-order valence-corrected chi connectivity index (χ2v) is 4.88. The first-order valence-electron chi connectivity index (χ1n) is 6.51. The highest BCUT2D eigenvalue weighted by atomic mass is 19.1. The Hall–Kier alpha value is -1.39. The van der Waals surface area contributed by atoms with Gasteiger partial charge in [-0.25, -0.2) is 4.39 Å². The summed E-state index contributed by atoms with van der Waals surface area (Å²) in [6.07, 6.45) is 2.35. The summed E-state index contributed by atoms with van der Waals surface area (Å²) in [6, 6.07) is 4.93. The van der Waals surface area contributed by atoms with E-state index in [-0.39, 0.29) is 5.82 Å². The molecule has 0 amide bonds. The van der Waals surface area contributed by atoms with Gasteiger partial charge in [0, 0.05) is 20.2 Å². The average molecular weight is 265 g/mol. The van der Waals surface area contributed by atoms with Crippen LogP contribution < -0.4 is 4.90 Å². The largest absolute Gasteiger partial charge is 0.389 e. The lowest BCUT2D eigenvalue weighted by Crippen LogP contribution is -2.30. The van der Waals surface area contributed by atoms with E-state index in [0.29, 0.717) is 24.4 Å². The molecule has 0 fully saturated rings. The van der Waals surface area contributed by atoms with Crippen LogP contribution in [0.5, 0.6) is 0 Å². The van der Waals surface area contributed by atoms with E-state index in [9.17, 15) is 9.50 Å². The van der Waals surface area contributed by atoms with Gasteiger partial charge in [0.2, 0.25) is 0 Å². The molecule has 19 heavy (non-hydrogen) atoms. The van der Waals surface area contributed by atoms with E-state index in [0.717, 1.165) is 13.0 Å². The number of aliphatic hydroxyl groups is 1. The van der Waals surface area contributed by atoms with Crippen LogP contribution in [0.1, 0.15) is 25.0 Å². The van der Waals surface area contributed by atoms with Gasteiger partial charge in [-0.15, -0.1) is 0 Å². The molecule has 0 saturated carbocycles. The van der Waals surface area contributed by atoms with Crippen LogP contribution in [-0.2, 0) is 4.74 Å². The Balaban J connectivity index is 2.11. The van der Waals surface area contributed by atoms with E-state index in [1.54, 1.807) is 26.2 Å². The van der Waals surface area contributed by atoms with Crippen molar-refractivity contribution >= 4 is 5.69 Å². The summed E-state index contributed by atoms with van der Waals surface area (Å²) in [5.74, 6) is -0.276. The van der Waals surface area contributed by atoms with Crippen molar-refractivity contribution in [3.05, 3.63) is 41.2 Å². The number of nitrogens with zero attached hydrogens (tertiary/aromatic N) is 1. The summed E-state index contributed by atoms with van der Waals surface area (Å²) >= 11 is 0. The van der Waals surface area contributed by atoms with Crippen molar-refractivity contribution in [3.8, 4) is 0 Å². The molecule has 1 N–H and O–H groups in total. The fraction of sp³-hybridized carbons (Fsp3) is 0.467. The predicted octanol–water partition coefficient (Wildman–Crippen LogP) is 2.66. The van der Waals surface area contributed by atoms with Crippen LogP contribution in [0, 0.1) is 5.82 Å². The summed E-state index contributed by atoms with van der Waals surface area (Å²) in [5, 5.41) is 9.44. The maximum absolute atomic E-state index is 14.0. The van der Waals surface area contributed by atoms with E-state index in [1.165, 1.54) is 11.6 Å². The Morgan fingerprint density at radius 1 is 1.47 bits per heavy atom. The standard InChI is InChI=1S/C15H20FNO2/c1-11(18)13-3-4-15(14(16)9-13)17-7-5-12(6-8-17)10-19-2/h3-5,9,11,18H,6-8,10H2,1-2H3. The quantitative estimate of drug-likeness (QED) is 0.850. The molecule has 1 atom stereocenters. The molecule has 1 aliphatic rings. The van der Waals surface area contributed by atoms with Gasteiger partial charge in [0.1, 0.15) is 5.82 Å². The minimum absolute atomic E-state index is 0.276. The number of rotatable bonds is 4. The minimum Gasteiger partial charge on any atom is -0.389 e. The summed E-state index contributed by atoms with van der Waals surface area (Å²) in [7, 11) is 1.68. The van der Waals surface area contributed by atoms with Crippen molar-refractivity contribution in [1.82, 2.24) is 0 Å². The maximum Gasteiger partial charge on any atom is 0.146 e. The van der Waals surface area contributed by atoms with Crippen molar-refractivity contribution in [2.75, 3.05) is 31.7 Å². The van der Waals surface area contributed by atoms with Gasteiger partial charge in [-0.05, 0) is 36.6 Å². The van der Waals surface area contributed by atoms with E-state index in [2.05, 4.69) is 6.08 Å². The number of anilines is 1. The maximum atomic E-state index is 14.0. The Kier molecular flexibility index (Phi) is 4.56. The normalized spacial score (nSPS) is 17.3. The molecule has 1 aromatic rings. The molecule has 0 bridgehead atoms. The molecule has 0 spiro atoms. The van der Waals surface area contributed by atoms with Gasteiger partial charge in [0.05, 0.1) is 18.4 Å². The van der Waals surface area contributed by atoms with Crippen LogP contribution in [-0.4, -0.2) is 31.9 Å². The zero-order chi connectivity index (χ0) is 13.8. The lowest BCUT2D eigenvalue weighted by molar-refractivity contribution is 0.199. The van der Waals surface area contributed by atoms with Gasteiger partial charge in [0.15, 0.2) is 0 Å². The van der Waals surface area contributed by atoms with Gasteiger partial charge in [-0.1, -0.05) is 12.1 Å². The zero-order valence-electron chi connectivity index (χ0n) is 11.4. The highest BCUT2D eigenvalue weighted by Gasteiger charge is 2.16. The lowest BCUT2D eigenvalue weighted by Gasteiger charge is -2.29. The summed E-state index contributed by atoms with van der Waals surface area (Å²) in [6.45, 7) is 3.77. The summed E-state index contributed by atoms with van der Waals surface area (Å²) < 4.78 is 19.1. The van der Waals surface area contributed by atoms with Crippen LogP contribution in [0.2, 0.25) is 0 Å². The highest BCUT2D eigenvalue weighted by Crippen LogP contribution is 2.25. The number of methoxy groups -OCH3 is 1. The third-order valence-electron chi connectivity index (χ3n) is 3.43. The van der Waals surface area contributed by atoms with E-state index < -0.39 is 6.10 Å². The molecule has 1 heterocycles. The third-order valence-corrected chi connectivity index (χ3v) is 3.43. The van der Waals surface area contributed by atoms with Crippen molar-refractivity contribution in [2.45, 2.75) is 19.4 Å². The number of aliphatic hydroxyl groups excluding tert-OH is 1. The molecule has 3 nitrogen and oxygen atoms in total. The van der Waals surface area contributed by atoms with Crippen molar-refractivity contribution in [3.63, 3.8) is 0 Å². The van der Waals surface area contributed by atoms with E-state index in [4.69, 9.17) is 4.74 Å². The van der Waals surface area contributed by atoms with Crippen molar-refractivity contribution < 1.29 is 14.2 Å². The fourth-order valence-electron chi connectivity index (χ4n) is 2.29. The number of hydrogen-bond acceptors (Lipinski definition) is 3. The topological polar surface area (TPSA) is 32.7 Å². The number of hydrogen-bond donors (Lipinski definition) is 1. The first-order chi connectivity index (χ1) is 9.11. The Morgan fingerprint density at radius 3 is 2.79 bits per heavy atom. The Morgan fingerprint density at radius 2 is 2.26 bits per heavy atom. The number of benzene rings is 1. The van der Waals surface area contributed by atoms with E-state index >= 15 is 0 Å². The first kappa shape index (κ1) is 14.0. The highest BCUT2D eigenvalue weighted by molar-refractivity contribution is 5.51. The van der Waals surface area contributed by atoms with Crippen molar-refractivity contribution in [2.24, 2.45) is 0 Å². The first-order valence-corrected chi connectivity index (χ1v) is 6.51. The van der Waals surface area contributed by atoms with E-state index in [1.807, 2.05) is 4.90 Å². The van der Waals surface area contributed by atoms with Crippen LogP contribution in [0.15, 0.2) is 29.8 Å². The van der Waals surface area contributed by atoms with Gasteiger partial charge < -0.3 is 14.7 Å². The van der Waals surface area contributed by atoms with Crippen LogP contribution in [0.4, 0.5) is 10.1 Å². The summed E-state index contributed by atoms with van der Waals surface area (Å²) in [4.78, 5) is 2.00. The Bertz CT molecular complexity index is 471. The monoisotopic (exact) mass is 265 g/mol. The zero-order valence-corrected chi connectivity index (χ0v) is 11.4. The molecule has 104 valence electrons. The molecule has 2 rings (SSSR count). The Labute approximate surface area is 113 Å². The molecule has 0 radical (unpaired) electrons. The summed E-state index contributed by atoms with van der Waals surface area (Å²) in [5.41, 5.74) is 2.46. The van der Waals surface area contributed by atoms with Crippen molar-refractivity contribution in [1.29, 1.82) is 0 Å². The molecular weight excluding hydrogens is 245 g/mol. The number of ether oxygens (including phenoxy) is 1. The van der Waals surface area contributed by atoms with Gasteiger partial charge in [-0.2, -0.15) is 0 Å². The van der Waals surface area contributed by atoms with Gasteiger partial charge in [-0.3, -0.25) is 0 Å². The number of halogens is 1. The molecule has 0 aliphatic carbocycles.